The molecule has 1 aromatic rings. The third-order valence-corrected chi connectivity index (χ3v) is 3.48. The Balaban J connectivity index is 2.40. The first-order chi connectivity index (χ1) is 9.88. The van der Waals surface area contributed by atoms with Crippen LogP contribution in [0.25, 0.3) is 0 Å². The topological polar surface area (TPSA) is 58.4 Å². The number of amides is 1. The number of carbonyl (C=O) groups is 1. The largest absolute Gasteiger partial charge is 0.389 e. The lowest BCUT2D eigenvalue weighted by Gasteiger charge is -2.17. The maximum atomic E-state index is 11.9. The lowest BCUT2D eigenvalue weighted by Crippen LogP contribution is -2.26. The van der Waals surface area contributed by atoms with Crippen molar-refractivity contribution in [3.8, 4) is 0 Å². The molecule has 1 rings (SSSR count). The molecular weight excluding hydrogens is 282 g/mol. The zero-order valence-corrected chi connectivity index (χ0v) is 13.9. The molecule has 1 aromatic carbocycles. The Morgan fingerprint density at radius 3 is 2.71 bits per heavy atom. The number of carbonyl (C=O) groups excluding carboxylic acids is 1. The summed E-state index contributed by atoms with van der Waals surface area (Å²) in [6.07, 6.45) is 1.63. The van der Waals surface area contributed by atoms with E-state index in [9.17, 15) is 4.79 Å². The normalized spacial score (nSPS) is 10.9. The first-order valence-electron chi connectivity index (χ1n) is 7.26. The van der Waals surface area contributed by atoms with Crippen LogP contribution in [-0.2, 0) is 4.79 Å². The molecule has 0 atom stereocenters. The molecule has 5 heteroatoms. The molecule has 116 valence electrons. The Kier molecular flexibility index (Phi) is 7.32. The molecule has 21 heavy (non-hydrogen) atoms. The highest BCUT2D eigenvalue weighted by molar-refractivity contribution is 7.80. The van der Waals surface area contributed by atoms with Crippen LogP contribution in [0, 0.1) is 5.92 Å². The Hall–Kier alpha value is -1.46. The molecule has 3 N–H and O–H groups in total. The summed E-state index contributed by atoms with van der Waals surface area (Å²) in [5, 5.41) is 2.88. The fourth-order valence-electron chi connectivity index (χ4n) is 1.86. The van der Waals surface area contributed by atoms with Crippen molar-refractivity contribution < 1.29 is 4.79 Å². The van der Waals surface area contributed by atoms with Gasteiger partial charge < -0.3 is 16.0 Å². The van der Waals surface area contributed by atoms with E-state index in [0.717, 1.165) is 30.8 Å². The molecule has 4 nitrogen and oxygen atoms in total. The van der Waals surface area contributed by atoms with Crippen molar-refractivity contribution in [1.82, 2.24) is 4.90 Å². The van der Waals surface area contributed by atoms with E-state index in [1.807, 2.05) is 25.2 Å². The van der Waals surface area contributed by atoms with E-state index < -0.39 is 0 Å². The molecule has 0 unspecified atom stereocenters. The Labute approximate surface area is 132 Å². The maximum Gasteiger partial charge on any atom is 0.225 e. The highest BCUT2D eigenvalue weighted by Crippen LogP contribution is 2.11. The van der Waals surface area contributed by atoms with Crippen molar-refractivity contribution in [3.05, 3.63) is 29.8 Å². The molecule has 0 bridgehead atoms. The molecular formula is C16H25N3OS. The van der Waals surface area contributed by atoms with Gasteiger partial charge in [0.2, 0.25) is 5.91 Å². The van der Waals surface area contributed by atoms with Crippen molar-refractivity contribution in [3.63, 3.8) is 0 Å². The fourth-order valence-corrected chi connectivity index (χ4v) is 1.98. The zero-order valence-electron chi connectivity index (χ0n) is 13.1. The predicted octanol–water partition coefficient (Wildman–Crippen LogP) is 2.63. The third kappa shape index (κ3) is 7.20. The molecule has 0 heterocycles. The minimum Gasteiger partial charge on any atom is -0.389 e. The molecule has 0 saturated carbocycles. The second-order valence-electron chi connectivity index (χ2n) is 5.73. The summed E-state index contributed by atoms with van der Waals surface area (Å²) in [5.41, 5.74) is 7.07. The molecule has 0 saturated heterocycles. The number of anilines is 1. The molecule has 0 aliphatic carbocycles. The summed E-state index contributed by atoms with van der Waals surface area (Å²) in [5.74, 6) is 0.690. The Bertz CT molecular complexity index is 488. The third-order valence-electron chi connectivity index (χ3n) is 3.24. The lowest BCUT2D eigenvalue weighted by atomic mass is 10.1. The van der Waals surface area contributed by atoms with E-state index in [-0.39, 0.29) is 5.91 Å². The van der Waals surface area contributed by atoms with E-state index in [2.05, 4.69) is 24.1 Å². The summed E-state index contributed by atoms with van der Waals surface area (Å²) in [6, 6.07) is 7.29. The number of nitrogens with zero attached hydrogens (tertiary/aromatic N) is 1. The number of rotatable bonds is 8. The van der Waals surface area contributed by atoms with Crippen molar-refractivity contribution >= 4 is 28.8 Å². The van der Waals surface area contributed by atoms with E-state index in [0.29, 0.717) is 17.3 Å². The van der Waals surface area contributed by atoms with Gasteiger partial charge in [-0.2, -0.15) is 0 Å². The van der Waals surface area contributed by atoms with Crippen LogP contribution in [0.15, 0.2) is 24.3 Å². The van der Waals surface area contributed by atoms with Gasteiger partial charge in [-0.25, -0.2) is 0 Å². The molecule has 0 aliphatic heterocycles. The molecule has 0 aromatic heterocycles. The van der Waals surface area contributed by atoms with Gasteiger partial charge in [0.25, 0.3) is 0 Å². The fraction of sp³-hybridized carbons (Fsp3) is 0.500. The van der Waals surface area contributed by atoms with Gasteiger partial charge in [-0.15, -0.1) is 0 Å². The Morgan fingerprint density at radius 1 is 1.38 bits per heavy atom. The van der Waals surface area contributed by atoms with Gasteiger partial charge in [0.1, 0.15) is 4.99 Å². The van der Waals surface area contributed by atoms with Crippen molar-refractivity contribution in [1.29, 1.82) is 0 Å². The monoisotopic (exact) mass is 307 g/mol. The highest BCUT2D eigenvalue weighted by atomic mass is 32.1. The van der Waals surface area contributed by atoms with Crippen molar-refractivity contribution in [2.45, 2.75) is 26.7 Å². The van der Waals surface area contributed by atoms with Gasteiger partial charge >= 0.3 is 0 Å². The van der Waals surface area contributed by atoms with Gasteiger partial charge in [-0.05, 0) is 38.1 Å². The first-order valence-corrected chi connectivity index (χ1v) is 7.67. The summed E-state index contributed by atoms with van der Waals surface area (Å²) < 4.78 is 0. The van der Waals surface area contributed by atoms with Crippen LogP contribution in [0.2, 0.25) is 0 Å². The minimum atomic E-state index is 0.00601. The summed E-state index contributed by atoms with van der Waals surface area (Å²) in [7, 11) is 2.04. The van der Waals surface area contributed by atoms with Crippen molar-refractivity contribution in [2.24, 2.45) is 11.7 Å². The summed E-state index contributed by atoms with van der Waals surface area (Å²) in [4.78, 5) is 14.5. The van der Waals surface area contributed by atoms with Gasteiger partial charge in [-0.3, -0.25) is 4.79 Å². The average molecular weight is 307 g/mol. The van der Waals surface area contributed by atoms with Crippen LogP contribution in [-0.4, -0.2) is 35.9 Å². The van der Waals surface area contributed by atoms with Gasteiger partial charge in [-0.1, -0.05) is 38.2 Å². The smallest absolute Gasteiger partial charge is 0.225 e. The van der Waals surface area contributed by atoms with Crippen LogP contribution in [0.4, 0.5) is 5.69 Å². The molecule has 0 radical (unpaired) electrons. The quantitative estimate of drug-likeness (QED) is 0.725. The second kappa shape index (κ2) is 8.74. The highest BCUT2D eigenvalue weighted by Gasteiger charge is 2.07. The molecule has 1 amide bonds. The van der Waals surface area contributed by atoms with E-state index in [1.165, 1.54) is 0 Å². The van der Waals surface area contributed by atoms with Gasteiger partial charge in [0.05, 0.1) is 0 Å². The SMILES string of the molecule is CC(C)CCN(C)CCC(=O)Nc1cccc(C(N)=S)c1. The van der Waals surface area contributed by atoms with Crippen LogP contribution in [0.3, 0.4) is 0 Å². The van der Waals surface area contributed by atoms with Gasteiger partial charge in [0.15, 0.2) is 0 Å². The number of nitrogens with two attached hydrogens (primary N) is 1. The first kappa shape index (κ1) is 17.6. The lowest BCUT2D eigenvalue weighted by molar-refractivity contribution is -0.116. The molecule has 0 fully saturated rings. The average Bonchev–Trinajstić information content (AvgIpc) is 2.43. The number of nitrogens with one attached hydrogen (secondary N) is 1. The van der Waals surface area contributed by atoms with Crippen molar-refractivity contribution in [2.75, 3.05) is 25.5 Å². The van der Waals surface area contributed by atoms with E-state index in [4.69, 9.17) is 18.0 Å². The number of hydrogen-bond acceptors (Lipinski definition) is 3. The van der Waals surface area contributed by atoms with Crippen LogP contribution in [0.1, 0.15) is 32.3 Å². The number of benzene rings is 1. The van der Waals surface area contributed by atoms with Crippen LogP contribution < -0.4 is 11.1 Å². The maximum absolute atomic E-state index is 11.9. The zero-order chi connectivity index (χ0) is 15.8. The molecule has 0 aliphatic rings. The number of hydrogen-bond donors (Lipinski definition) is 2. The number of thiocarbonyl (C=S) groups is 1. The predicted molar refractivity (Wildman–Crippen MR) is 92.5 cm³/mol. The van der Waals surface area contributed by atoms with Crippen LogP contribution >= 0.6 is 12.2 Å². The summed E-state index contributed by atoms with van der Waals surface area (Å²) in [6.45, 7) is 6.18. The van der Waals surface area contributed by atoms with Crippen LogP contribution in [0.5, 0.6) is 0 Å². The molecule has 0 spiro atoms. The van der Waals surface area contributed by atoms with Gasteiger partial charge in [0, 0.05) is 24.2 Å². The minimum absolute atomic E-state index is 0.00601. The second-order valence-corrected chi connectivity index (χ2v) is 6.17. The Morgan fingerprint density at radius 2 is 2.10 bits per heavy atom. The summed E-state index contributed by atoms with van der Waals surface area (Å²) >= 11 is 4.93. The van der Waals surface area contributed by atoms with E-state index >= 15 is 0 Å². The van der Waals surface area contributed by atoms with E-state index in [1.54, 1.807) is 6.07 Å². The standard InChI is InChI=1S/C16H25N3OS/c1-12(2)7-9-19(3)10-8-15(20)18-14-6-4-5-13(11-14)16(17)21/h4-6,11-12H,7-10H2,1-3H3,(H2,17,21)(H,18,20).